The highest BCUT2D eigenvalue weighted by Gasteiger charge is 2.44. The summed E-state index contributed by atoms with van der Waals surface area (Å²) in [7, 11) is 0. The third-order valence-corrected chi connectivity index (χ3v) is 7.11. The van der Waals surface area contributed by atoms with Crippen molar-refractivity contribution in [2.24, 2.45) is 0 Å². The Morgan fingerprint density at radius 3 is 2.29 bits per heavy atom. The van der Waals surface area contributed by atoms with Crippen LogP contribution in [0.2, 0.25) is 0 Å². The number of rotatable bonds is 17. The molecule has 10 N–H and O–H groups in total. The Hall–Kier alpha value is -3.92. The zero-order valence-corrected chi connectivity index (χ0v) is 24.8. The summed E-state index contributed by atoms with van der Waals surface area (Å²) in [5.74, 6) is -1.15. The number of unbranched alkanes of at least 4 members (excludes halogenated alkanes) is 1. The van der Waals surface area contributed by atoms with E-state index in [1.165, 1.54) is 30.3 Å². The summed E-state index contributed by atoms with van der Waals surface area (Å²) >= 11 is 0. The van der Waals surface area contributed by atoms with Gasteiger partial charge in [0.15, 0.2) is 23.0 Å². The Balaban J connectivity index is 1.22. The maximum absolute atomic E-state index is 12.2. The van der Waals surface area contributed by atoms with Gasteiger partial charge in [-0.15, -0.1) is 0 Å². The van der Waals surface area contributed by atoms with E-state index < -0.39 is 37.3 Å². The lowest BCUT2D eigenvalue weighted by Gasteiger charge is -2.39. The molecule has 2 amide bonds. The fourth-order valence-electron chi connectivity index (χ4n) is 4.48. The smallest absolute Gasteiger partial charge is 0.243 e. The van der Waals surface area contributed by atoms with E-state index in [9.17, 15) is 45.3 Å². The zero-order valence-electron chi connectivity index (χ0n) is 24.8. The minimum absolute atomic E-state index is 0.0347. The molecule has 0 aromatic heterocycles. The average molecular weight is 634 g/mol. The number of hydrogen-bond acceptors (Lipinski definition) is 12. The largest absolute Gasteiger partial charge is 0.504 e. The Morgan fingerprint density at radius 2 is 1.56 bits per heavy atom. The van der Waals surface area contributed by atoms with Crippen LogP contribution in [0, 0.1) is 0 Å². The van der Waals surface area contributed by atoms with Gasteiger partial charge in [0.05, 0.1) is 6.61 Å². The number of nitrogens with one attached hydrogen (secondary N) is 3. The van der Waals surface area contributed by atoms with Gasteiger partial charge < -0.3 is 61.2 Å². The van der Waals surface area contributed by atoms with Gasteiger partial charge in [-0.1, -0.05) is 12.1 Å². The first-order valence-electron chi connectivity index (χ1n) is 14.8. The molecule has 14 nitrogen and oxygen atoms in total. The van der Waals surface area contributed by atoms with Crippen molar-refractivity contribution in [3.8, 4) is 23.0 Å². The summed E-state index contributed by atoms with van der Waals surface area (Å²) in [6.07, 6.45) is -1.41. The molecular weight excluding hydrogens is 590 g/mol. The van der Waals surface area contributed by atoms with Gasteiger partial charge >= 0.3 is 0 Å². The van der Waals surface area contributed by atoms with E-state index >= 15 is 0 Å². The number of aliphatic hydroxyl groups is 4. The van der Waals surface area contributed by atoms with E-state index in [1.54, 1.807) is 18.2 Å². The fraction of sp³-hybridized carbons (Fsp3) is 0.484. The Kier molecular flexibility index (Phi) is 14.3. The number of carbonyl (C=O) groups excluding carboxylic acids is 2. The van der Waals surface area contributed by atoms with Gasteiger partial charge in [-0.05, 0) is 80.2 Å². The predicted octanol–water partition coefficient (Wildman–Crippen LogP) is -0.380. The molecule has 0 spiro atoms. The van der Waals surface area contributed by atoms with Gasteiger partial charge in [0.25, 0.3) is 0 Å². The van der Waals surface area contributed by atoms with Crippen LogP contribution in [0.5, 0.6) is 23.0 Å². The average Bonchev–Trinajstić information content (AvgIpc) is 3.02. The second-order valence-electron chi connectivity index (χ2n) is 10.7. The quantitative estimate of drug-likeness (QED) is 0.0611. The van der Waals surface area contributed by atoms with Crippen molar-refractivity contribution in [2.45, 2.75) is 62.8 Å². The van der Waals surface area contributed by atoms with Crippen molar-refractivity contribution in [1.29, 1.82) is 0 Å². The standard InChI is InChI=1S/C31H43N3O11/c35-18-25-28(41)29(42)30(43)31(45-25)44-24-9-5-20(17-23(24)38)7-11-26(39)33-14-2-1-12-32-13-3-15-34-27(40)10-6-19-4-8-21(36)22(37)16-19/h4-6,8-10,16-17,25,28-32,35-38,41-43H,1-3,7,11-15,18H2,(H,33,39)(H,34,40)/b10-6+/t25-,28-,29+,30-,31-/m1/s1. The predicted molar refractivity (Wildman–Crippen MR) is 162 cm³/mol. The van der Waals surface area contributed by atoms with Crippen molar-refractivity contribution >= 4 is 17.9 Å². The first-order valence-corrected chi connectivity index (χ1v) is 14.8. The minimum atomic E-state index is -1.60. The highest BCUT2D eigenvalue weighted by atomic mass is 16.7. The SMILES string of the molecule is O=C(/C=C/c1ccc(O)c(O)c1)NCCCNCCCCNC(=O)CCc1ccc(O[C@@H]2O[C@H](CO)[C@@H](O)[C@H](O)[C@H]2O)c(O)c1. The van der Waals surface area contributed by atoms with Gasteiger partial charge in [0, 0.05) is 25.6 Å². The molecule has 3 rings (SSSR count). The van der Waals surface area contributed by atoms with E-state index in [1.807, 2.05) is 0 Å². The van der Waals surface area contributed by atoms with Crippen LogP contribution >= 0.6 is 0 Å². The molecule has 2 aromatic rings. The lowest BCUT2D eigenvalue weighted by atomic mass is 9.99. The van der Waals surface area contributed by atoms with Crippen molar-refractivity contribution in [3.63, 3.8) is 0 Å². The molecule has 2 aromatic carbocycles. The van der Waals surface area contributed by atoms with Crippen LogP contribution in [0.3, 0.4) is 0 Å². The zero-order chi connectivity index (χ0) is 32.8. The molecule has 1 saturated heterocycles. The number of ether oxygens (including phenoxy) is 2. The topological polar surface area (TPSA) is 230 Å². The van der Waals surface area contributed by atoms with Crippen LogP contribution in [-0.4, -0.2) is 111 Å². The van der Waals surface area contributed by atoms with Crippen LogP contribution in [-0.2, 0) is 20.7 Å². The van der Waals surface area contributed by atoms with Crippen molar-refractivity contribution < 1.29 is 54.8 Å². The number of aryl methyl sites for hydroxylation is 1. The maximum Gasteiger partial charge on any atom is 0.243 e. The van der Waals surface area contributed by atoms with Gasteiger partial charge in [-0.25, -0.2) is 0 Å². The number of phenolic OH excluding ortho intramolecular Hbond substituents is 3. The molecule has 0 aliphatic carbocycles. The number of amides is 2. The molecular formula is C31H43N3O11. The van der Waals surface area contributed by atoms with Crippen molar-refractivity contribution in [1.82, 2.24) is 16.0 Å². The second kappa shape index (κ2) is 18.1. The van der Waals surface area contributed by atoms with E-state index in [4.69, 9.17) is 9.47 Å². The number of hydrogen-bond donors (Lipinski definition) is 10. The number of phenols is 3. The Bertz CT molecular complexity index is 1270. The first kappa shape index (κ1) is 35.6. The summed E-state index contributed by atoms with van der Waals surface area (Å²) in [6, 6.07) is 8.79. The maximum atomic E-state index is 12.2. The normalized spacial score (nSPS) is 21.5. The van der Waals surface area contributed by atoms with Gasteiger partial charge in [0.1, 0.15) is 24.4 Å². The first-order chi connectivity index (χ1) is 21.6. The third-order valence-electron chi connectivity index (χ3n) is 7.11. The molecule has 248 valence electrons. The molecule has 5 atom stereocenters. The summed E-state index contributed by atoms with van der Waals surface area (Å²) in [6.45, 7) is 1.92. The molecule has 0 bridgehead atoms. The van der Waals surface area contributed by atoms with Crippen LogP contribution < -0.4 is 20.7 Å². The third kappa shape index (κ3) is 11.5. The monoisotopic (exact) mass is 633 g/mol. The molecule has 1 aliphatic rings. The van der Waals surface area contributed by atoms with E-state index in [0.29, 0.717) is 30.6 Å². The minimum Gasteiger partial charge on any atom is -0.504 e. The molecule has 1 heterocycles. The van der Waals surface area contributed by atoms with E-state index in [2.05, 4.69) is 16.0 Å². The van der Waals surface area contributed by atoms with E-state index in [0.717, 1.165) is 32.4 Å². The van der Waals surface area contributed by atoms with Crippen LogP contribution in [0.1, 0.15) is 36.8 Å². The molecule has 0 saturated carbocycles. The molecule has 0 radical (unpaired) electrons. The van der Waals surface area contributed by atoms with Gasteiger partial charge in [-0.3, -0.25) is 9.59 Å². The Labute approximate surface area is 260 Å². The lowest BCUT2D eigenvalue weighted by Crippen LogP contribution is -2.60. The molecule has 0 unspecified atom stereocenters. The fourth-order valence-corrected chi connectivity index (χ4v) is 4.48. The van der Waals surface area contributed by atoms with Crippen LogP contribution in [0.4, 0.5) is 0 Å². The molecule has 45 heavy (non-hydrogen) atoms. The molecule has 14 heteroatoms. The van der Waals surface area contributed by atoms with E-state index in [-0.39, 0.29) is 41.2 Å². The summed E-state index contributed by atoms with van der Waals surface area (Å²) in [5.41, 5.74) is 1.27. The lowest BCUT2D eigenvalue weighted by molar-refractivity contribution is -0.277. The van der Waals surface area contributed by atoms with Crippen LogP contribution in [0.15, 0.2) is 42.5 Å². The second-order valence-corrected chi connectivity index (χ2v) is 10.7. The highest BCUT2D eigenvalue weighted by molar-refractivity contribution is 5.91. The summed E-state index contributed by atoms with van der Waals surface area (Å²) < 4.78 is 10.7. The highest BCUT2D eigenvalue weighted by Crippen LogP contribution is 2.31. The number of aliphatic hydroxyl groups excluding tert-OH is 4. The molecule has 1 fully saturated rings. The number of aromatic hydroxyl groups is 3. The number of benzene rings is 2. The number of carbonyl (C=O) groups is 2. The van der Waals surface area contributed by atoms with Gasteiger partial charge in [0.2, 0.25) is 18.1 Å². The summed E-state index contributed by atoms with van der Waals surface area (Å²) in [5, 5.41) is 77.2. The van der Waals surface area contributed by atoms with Crippen LogP contribution in [0.25, 0.3) is 6.08 Å². The Morgan fingerprint density at radius 1 is 0.822 bits per heavy atom. The van der Waals surface area contributed by atoms with Crippen molar-refractivity contribution in [2.75, 3.05) is 32.8 Å². The molecule has 1 aliphatic heterocycles. The van der Waals surface area contributed by atoms with Crippen molar-refractivity contribution in [3.05, 3.63) is 53.6 Å². The summed E-state index contributed by atoms with van der Waals surface area (Å²) in [4.78, 5) is 24.1. The van der Waals surface area contributed by atoms with Gasteiger partial charge in [-0.2, -0.15) is 0 Å².